The third kappa shape index (κ3) is 4.29. The van der Waals surface area contributed by atoms with Crippen LogP contribution in [0.25, 0.3) is 43.6 Å². The maximum atomic E-state index is 14.3. The average Bonchev–Trinajstić information content (AvgIpc) is 3.64. The number of aromatic hydroxyl groups is 2. The number of amides is 2. The second-order valence-electron chi connectivity index (χ2n) is 11.6. The van der Waals surface area contributed by atoms with Crippen molar-refractivity contribution in [2.45, 2.75) is 36.7 Å². The Bertz CT molecular complexity index is 2030. The Hall–Kier alpha value is -4.32. The maximum absolute atomic E-state index is 14.3. The number of aromatic nitrogens is 2. The van der Waals surface area contributed by atoms with E-state index in [1.54, 1.807) is 12.1 Å². The number of phenols is 2. The van der Waals surface area contributed by atoms with Crippen LogP contribution in [-0.4, -0.2) is 122 Å². The van der Waals surface area contributed by atoms with Gasteiger partial charge in [-0.05, 0) is 24.3 Å². The van der Waals surface area contributed by atoms with Crippen LogP contribution in [0.4, 0.5) is 0 Å². The highest BCUT2D eigenvalue weighted by molar-refractivity contribution is 6.39. The normalized spacial score (nSPS) is 23.6. The molecule has 5 atom stereocenters. The van der Waals surface area contributed by atoms with E-state index in [1.807, 2.05) is 0 Å². The van der Waals surface area contributed by atoms with Crippen molar-refractivity contribution in [1.29, 1.82) is 0 Å². The number of benzene rings is 3. The first-order valence-corrected chi connectivity index (χ1v) is 14.5. The fourth-order valence-electron chi connectivity index (χ4n) is 6.80. The Balaban J connectivity index is 1.60. The standard InChI is InChI=1S/C31H32N4O11/c1-44-10-12(11-45-2)33-35-29(42)22-20-15-5-3-13(37)7-17(15)32-24(20)25-21(23(22)30(35)43)16-6-4-14(38)8-18(16)34(25)31-28(41)27(40)26(39)19(9-36)46-31/h3-8,12,19,26-28,31-33,36-41H,9-11H2,1-2H3/t19-,26-,27+,28-,31-/m1/s1. The van der Waals surface area contributed by atoms with Crippen LogP contribution in [0, 0.1) is 0 Å². The molecular weight excluding hydrogens is 604 g/mol. The maximum Gasteiger partial charge on any atom is 0.276 e. The molecule has 0 spiro atoms. The first kappa shape index (κ1) is 30.3. The van der Waals surface area contributed by atoms with Gasteiger partial charge in [-0.25, -0.2) is 10.4 Å². The highest BCUT2D eigenvalue weighted by Gasteiger charge is 2.47. The number of carbonyl (C=O) groups is 2. The minimum Gasteiger partial charge on any atom is -0.508 e. The number of nitrogens with one attached hydrogen (secondary N) is 2. The molecule has 1 fully saturated rings. The Labute approximate surface area is 259 Å². The number of carbonyl (C=O) groups excluding carboxylic acids is 2. The number of hydrogen-bond donors (Lipinski definition) is 8. The number of ether oxygens (including phenoxy) is 3. The number of hydrazine groups is 1. The molecule has 0 unspecified atom stereocenters. The number of nitrogens with zero attached hydrogens (tertiary/aromatic N) is 2. The molecule has 2 aliphatic heterocycles. The van der Waals surface area contributed by atoms with E-state index in [9.17, 15) is 40.2 Å². The SMILES string of the molecule is COCC(COC)NN1C(=O)c2c(c3c4ccc(O)cc4n([C@@H]4O[C@H](CO)[C@@H](O)[C@H](O)[C@H]4O)c3c3[nH]c4cc(O)ccc4c23)C1=O. The molecule has 2 aromatic heterocycles. The summed E-state index contributed by atoms with van der Waals surface area (Å²) in [4.78, 5) is 31.8. The summed E-state index contributed by atoms with van der Waals surface area (Å²) < 4.78 is 18.0. The number of rotatable bonds is 8. The third-order valence-electron chi connectivity index (χ3n) is 8.76. The van der Waals surface area contributed by atoms with E-state index in [2.05, 4.69) is 10.4 Å². The van der Waals surface area contributed by atoms with Crippen molar-refractivity contribution in [3.63, 3.8) is 0 Å². The zero-order valence-electron chi connectivity index (χ0n) is 24.7. The topological polar surface area (TPSA) is 219 Å². The van der Waals surface area contributed by atoms with E-state index in [1.165, 1.54) is 43.1 Å². The second kappa shape index (κ2) is 11.2. The smallest absolute Gasteiger partial charge is 0.276 e. The van der Waals surface area contributed by atoms with Gasteiger partial charge in [-0.2, -0.15) is 0 Å². The summed E-state index contributed by atoms with van der Waals surface area (Å²) in [6.07, 6.45) is -7.79. The lowest BCUT2D eigenvalue weighted by atomic mass is 9.96. The van der Waals surface area contributed by atoms with Gasteiger partial charge >= 0.3 is 0 Å². The summed E-state index contributed by atoms with van der Waals surface area (Å²) in [5.74, 6) is -1.55. The molecular formula is C31H32N4O11. The first-order chi connectivity index (χ1) is 22.1. The van der Waals surface area contributed by atoms with Crippen LogP contribution in [0.5, 0.6) is 11.5 Å². The minimum absolute atomic E-state index is 0.0292. The van der Waals surface area contributed by atoms with E-state index in [0.29, 0.717) is 27.2 Å². The predicted octanol–water partition coefficient (Wildman–Crippen LogP) is 0.575. The highest BCUT2D eigenvalue weighted by Crippen LogP contribution is 2.47. The number of aromatic amines is 1. The highest BCUT2D eigenvalue weighted by atomic mass is 16.6. The van der Waals surface area contributed by atoms with Crippen LogP contribution in [0.1, 0.15) is 26.9 Å². The zero-order valence-corrected chi connectivity index (χ0v) is 24.7. The summed E-state index contributed by atoms with van der Waals surface area (Å²) >= 11 is 0. The average molecular weight is 637 g/mol. The van der Waals surface area contributed by atoms with Gasteiger partial charge in [-0.1, -0.05) is 0 Å². The molecule has 7 rings (SSSR count). The van der Waals surface area contributed by atoms with E-state index < -0.39 is 55.1 Å². The minimum atomic E-state index is -1.73. The Morgan fingerprint density at radius 3 is 2.17 bits per heavy atom. The van der Waals surface area contributed by atoms with E-state index in [-0.39, 0.29) is 52.3 Å². The molecule has 2 amide bonds. The van der Waals surface area contributed by atoms with Gasteiger partial charge in [0.1, 0.15) is 35.9 Å². The zero-order chi connectivity index (χ0) is 32.6. The number of methoxy groups -OCH3 is 2. The van der Waals surface area contributed by atoms with Crippen molar-refractivity contribution in [3.8, 4) is 11.5 Å². The van der Waals surface area contributed by atoms with Gasteiger partial charge in [-0.15, -0.1) is 0 Å². The third-order valence-corrected chi connectivity index (χ3v) is 8.76. The number of imide groups is 1. The molecule has 4 heterocycles. The number of phenolic OH excluding ortho intramolecular Hbond substituents is 2. The van der Waals surface area contributed by atoms with Crippen molar-refractivity contribution in [2.24, 2.45) is 0 Å². The van der Waals surface area contributed by atoms with Crippen molar-refractivity contribution >= 4 is 55.4 Å². The van der Waals surface area contributed by atoms with Gasteiger partial charge in [0.05, 0.1) is 59.1 Å². The molecule has 15 nitrogen and oxygen atoms in total. The van der Waals surface area contributed by atoms with Gasteiger partial charge in [0, 0.05) is 47.9 Å². The monoisotopic (exact) mass is 636 g/mol. The van der Waals surface area contributed by atoms with Crippen LogP contribution in [0.2, 0.25) is 0 Å². The van der Waals surface area contributed by atoms with Gasteiger partial charge in [0.25, 0.3) is 11.8 Å². The second-order valence-corrected chi connectivity index (χ2v) is 11.6. The molecule has 3 aromatic carbocycles. The first-order valence-electron chi connectivity index (χ1n) is 14.5. The predicted molar refractivity (Wildman–Crippen MR) is 162 cm³/mol. The molecule has 1 saturated heterocycles. The van der Waals surface area contributed by atoms with Crippen LogP contribution < -0.4 is 5.43 Å². The van der Waals surface area contributed by atoms with Crippen molar-refractivity contribution in [1.82, 2.24) is 20.0 Å². The van der Waals surface area contributed by atoms with Gasteiger partial charge in [0.15, 0.2) is 6.23 Å². The molecule has 2 aliphatic rings. The van der Waals surface area contributed by atoms with Crippen LogP contribution >= 0.6 is 0 Å². The van der Waals surface area contributed by atoms with E-state index in [0.717, 1.165) is 5.01 Å². The van der Waals surface area contributed by atoms with E-state index >= 15 is 0 Å². The molecule has 0 aliphatic carbocycles. The molecule has 242 valence electrons. The van der Waals surface area contributed by atoms with Crippen molar-refractivity contribution in [3.05, 3.63) is 47.5 Å². The number of fused-ring (bicyclic) bond motifs is 10. The molecule has 0 radical (unpaired) electrons. The number of H-pyrrole nitrogens is 1. The van der Waals surface area contributed by atoms with Crippen LogP contribution in [0.3, 0.4) is 0 Å². The van der Waals surface area contributed by atoms with Crippen molar-refractivity contribution in [2.75, 3.05) is 34.0 Å². The molecule has 5 aromatic rings. The Kier molecular flexibility index (Phi) is 7.38. The summed E-state index contributed by atoms with van der Waals surface area (Å²) in [6, 6.07) is 8.29. The van der Waals surface area contributed by atoms with E-state index in [4.69, 9.17) is 14.2 Å². The molecule has 0 saturated carbocycles. The fourth-order valence-corrected chi connectivity index (χ4v) is 6.80. The molecule has 0 bridgehead atoms. The Morgan fingerprint density at radius 2 is 1.52 bits per heavy atom. The van der Waals surface area contributed by atoms with Gasteiger partial charge < -0.3 is 54.4 Å². The molecule has 15 heteroatoms. The van der Waals surface area contributed by atoms with Crippen LogP contribution in [0.15, 0.2) is 36.4 Å². The molecule has 46 heavy (non-hydrogen) atoms. The number of hydrogen-bond acceptors (Lipinski definition) is 12. The largest absolute Gasteiger partial charge is 0.508 e. The lowest BCUT2D eigenvalue weighted by Gasteiger charge is -2.41. The fraction of sp³-hybridized carbons (Fsp3) is 0.355. The lowest BCUT2D eigenvalue weighted by molar-refractivity contribution is -0.249. The van der Waals surface area contributed by atoms with Crippen LogP contribution in [-0.2, 0) is 14.2 Å². The van der Waals surface area contributed by atoms with Crippen molar-refractivity contribution < 1.29 is 54.4 Å². The Morgan fingerprint density at radius 1 is 0.891 bits per heavy atom. The summed E-state index contributed by atoms with van der Waals surface area (Å²) in [5, 5.41) is 65.8. The summed E-state index contributed by atoms with van der Waals surface area (Å²) in [5.41, 5.74) is 4.33. The number of aliphatic hydroxyl groups is 4. The molecule has 8 N–H and O–H groups in total. The summed E-state index contributed by atoms with van der Waals surface area (Å²) in [6.45, 7) is -0.444. The summed E-state index contributed by atoms with van der Waals surface area (Å²) in [7, 11) is 2.95. The number of aliphatic hydroxyl groups excluding tert-OH is 4. The van der Waals surface area contributed by atoms with Gasteiger partial charge in [-0.3, -0.25) is 9.59 Å². The van der Waals surface area contributed by atoms with Gasteiger partial charge in [0.2, 0.25) is 0 Å². The lowest BCUT2D eigenvalue weighted by Crippen LogP contribution is -2.56. The quantitative estimate of drug-likeness (QED) is 0.110.